The molecule has 1 aromatic rings. The maximum atomic E-state index is 13.0. The summed E-state index contributed by atoms with van der Waals surface area (Å²) in [5.74, 6) is -1.03. The molecule has 2 amide bonds. The van der Waals surface area contributed by atoms with Gasteiger partial charge >= 0.3 is 0 Å². The Morgan fingerprint density at radius 1 is 1.11 bits per heavy atom. The molecular weight excluding hydrogens is 345 g/mol. The van der Waals surface area contributed by atoms with Crippen LogP contribution in [0.4, 0.5) is 4.39 Å². The van der Waals surface area contributed by atoms with Gasteiger partial charge in [-0.05, 0) is 70.0 Å². The summed E-state index contributed by atoms with van der Waals surface area (Å²) in [6, 6.07) is 4.67. The Morgan fingerprint density at radius 2 is 1.70 bits per heavy atom. The lowest BCUT2D eigenvalue weighted by Gasteiger charge is -2.41. The van der Waals surface area contributed by atoms with Crippen molar-refractivity contribution in [1.82, 2.24) is 15.5 Å². The van der Waals surface area contributed by atoms with Crippen LogP contribution in [0.2, 0.25) is 0 Å². The zero-order valence-electron chi connectivity index (χ0n) is 16.8. The van der Waals surface area contributed by atoms with E-state index in [2.05, 4.69) is 29.4 Å². The number of rotatable bonds is 7. The van der Waals surface area contributed by atoms with Crippen molar-refractivity contribution >= 4 is 11.8 Å². The predicted molar refractivity (Wildman–Crippen MR) is 105 cm³/mol. The fourth-order valence-electron chi connectivity index (χ4n) is 3.39. The van der Waals surface area contributed by atoms with Gasteiger partial charge in [0.15, 0.2) is 0 Å². The summed E-state index contributed by atoms with van der Waals surface area (Å²) in [6.07, 6.45) is 3.66. The third kappa shape index (κ3) is 6.03. The molecule has 0 aliphatic carbocycles. The Morgan fingerprint density at radius 3 is 2.26 bits per heavy atom. The first-order valence-corrected chi connectivity index (χ1v) is 9.80. The maximum Gasteiger partial charge on any atom is 0.251 e. The first-order chi connectivity index (χ1) is 12.7. The second-order valence-corrected chi connectivity index (χ2v) is 8.28. The van der Waals surface area contributed by atoms with Gasteiger partial charge in [0, 0.05) is 17.6 Å². The zero-order chi connectivity index (χ0) is 20.0. The van der Waals surface area contributed by atoms with Gasteiger partial charge in [-0.2, -0.15) is 0 Å². The van der Waals surface area contributed by atoms with Crippen LogP contribution in [0.15, 0.2) is 24.3 Å². The molecule has 6 heteroatoms. The number of halogens is 1. The Balaban J connectivity index is 1.95. The van der Waals surface area contributed by atoms with Gasteiger partial charge in [0.2, 0.25) is 5.91 Å². The average molecular weight is 378 g/mol. The van der Waals surface area contributed by atoms with E-state index >= 15 is 0 Å². The Kier molecular flexibility index (Phi) is 7.36. The summed E-state index contributed by atoms with van der Waals surface area (Å²) in [5.41, 5.74) is 0.210. The van der Waals surface area contributed by atoms with Crippen LogP contribution in [0.5, 0.6) is 0 Å². The summed E-state index contributed by atoms with van der Waals surface area (Å²) in [5, 5.41) is 5.79. The van der Waals surface area contributed by atoms with Crippen molar-refractivity contribution < 1.29 is 14.0 Å². The number of likely N-dealkylation sites (tertiary alicyclic amines) is 1. The Bertz CT molecular complexity index is 637. The van der Waals surface area contributed by atoms with Crippen molar-refractivity contribution in [2.45, 2.75) is 58.5 Å². The number of carbonyl (C=O) groups excluding carboxylic acids is 2. The molecule has 1 aromatic carbocycles. The zero-order valence-corrected chi connectivity index (χ0v) is 16.8. The summed E-state index contributed by atoms with van der Waals surface area (Å²) in [4.78, 5) is 27.5. The summed E-state index contributed by atoms with van der Waals surface area (Å²) in [6.45, 7) is 10.7. The van der Waals surface area contributed by atoms with Crippen LogP contribution >= 0.6 is 0 Å². The molecule has 0 saturated carbocycles. The lowest BCUT2D eigenvalue weighted by molar-refractivity contribution is -0.124. The smallest absolute Gasteiger partial charge is 0.251 e. The minimum absolute atomic E-state index is 0.0625. The van der Waals surface area contributed by atoms with E-state index in [1.807, 2.05) is 13.8 Å². The molecule has 27 heavy (non-hydrogen) atoms. The second-order valence-electron chi connectivity index (χ2n) is 8.28. The molecule has 1 aliphatic rings. The number of amides is 2. The number of nitrogens with zero attached hydrogens (tertiary/aromatic N) is 1. The van der Waals surface area contributed by atoms with E-state index in [-0.39, 0.29) is 23.3 Å². The molecule has 2 rings (SSSR count). The van der Waals surface area contributed by atoms with Crippen LogP contribution < -0.4 is 10.6 Å². The molecular formula is C21H32FN3O2. The van der Waals surface area contributed by atoms with Crippen LogP contribution in [0.1, 0.15) is 57.3 Å². The summed E-state index contributed by atoms with van der Waals surface area (Å²) in [7, 11) is 0. The lowest BCUT2D eigenvalue weighted by atomic mass is 9.97. The van der Waals surface area contributed by atoms with Gasteiger partial charge in [-0.1, -0.05) is 20.3 Å². The molecule has 1 unspecified atom stereocenters. The molecule has 0 spiro atoms. The molecule has 1 atom stereocenters. The van der Waals surface area contributed by atoms with Crippen molar-refractivity contribution in [2.24, 2.45) is 5.92 Å². The highest BCUT2D eigenvalue weighted by Crippen LogP contribution is 2.20. The second kappa shape index (κ2) is 9.31. The summed E-state index contributed by atoms with van der Waals surface area (Å²) >= 11 is 0. The highest BCUT2D eigenvalue weighted by molar-refractivity contribution is 5.97. The van der Waals surface area contributed by atoms with Gasteiger partial charge in [-0.25, -0.2) is 4.39 Å². The SMILES string of the molecule is CC(C)C(NC(=O)c1ccc(F)cc1)C(=O)NCC(C)(C)N1CCCCC1. The monoisotopic (exact) mass is 377 g/mol. The Hall–Kier alpha value is -1.95. The topological polar surface area (TPSA) is 61.4 Å². The molecule has 0 aromatic heterocycles. The molecule has 0 radical (unpaired) electrons. The quantitative estimate of drug-likeness (QED) is 0.768. The van der Waals surface area contributed by atoms with E-state index in [1.54, 1.807) is 0 Å². The first kappa shape index (κ1) is 21.4. The summed E-state index contributed by atoms with van der Waals surface area (Å²) < 4.78 is 13.0. The molecule has 1 aliphatic heterocycles. The molecule has 1 saturated heterocycles. The van der Waals surface area contributed by atoms with E-state index in [9.17, 15) is 14.0 Å². The van der Waals surface area contributed by atoms with Crippen LogP contribution in [0.3, 0.4) is 0 Å². The molecule has 1 fully saturated rings. The fraction of sp³-hybridized carbons (Fsp3) is 0.619. The molecule has 5 nitrogen and oxygen atoms in total. The molecule has 2 N–H and O–H groups in total. The normalized spacial score (nSPS) is 16.8. The number of nitrogens with one attached hydrogen (secondary N) is 2. The molecule has 1 heterocycles. The number of benzene rings is 1. The van der Waals surface area contributed by atoms with Crippen molar-refractivity contribution in [1.29, 1.82) is 0 Å². The standard InChI is InChI=1S/C21H32FN3O2/c1-15(2)18(24-19(26)16-8-10-17(22)11-9-16)20(27)23-14-21(3,4)25-12-6-5-7-13-25/h8-11,15,18H,5-7,12-14H2,1-4H3,(H,23,27)(H,24,26). The third-order valence-electron chi connectivity index (χ3n) is 5.25. The third-order valence-corrected chi connectivity index (χ3v) is 5.25. The van der Waals surface area contributed by atoms with Crippen molar-refractivity contribution in [3.63, 3.8) is 0 Å². The van der Waals surface area contributed by atoms with Crippen molar-refractivity contribution in [3.8, 4) is 0 Å². The van der Waals surface area contributed by atoms with Gasteiger partial charge in [0.05, 0.1) is 0 Å². The van der Waals surface area contributed by atoms with Gasteiger partial charge in [0.1, 0.15) is 11.9 Å². The van der Waals surface area contributed by atoms with Gasteiger partial charge in [0.25, 0.3) is 5.91 Å². The largest absolute Gasteiger partial charge is 0.352 e. The Labute approximate surface area is 161 Å². The van der Waals surface area contributed by atoms with Crippen LogP contribution in [0, 0.1) is 11.7 Å². The number of piperidine rings is 1. The van der Waals surface area contributed by atoms with E-state index in [1.165, 1.54) is 43.5 Å². The van der Waals surface area contributed by atoms with E-state index in [0.717, 1.165) is 13.1 Å². The minimum atomic E-state index is -0.639. The first-order valence-electron chi connectivity index (χ1n) is 9.80. The van der Waals surface area contributed by atoms with Crippen molar-refractivity contribution in [2.75, 3.05) is 19.6 Å². The lowest BCUT2D eigenvalue weighted by Crippen LogP contribution is -2.57. The molecule has 0 bridgehead atoms. The van der Waals surface area contributed by atoms with Crippen molar-refractivity contribution in [3.05, 3.63) is 35.6 Å². The van der Waals surface area contributed by atoms with Gasteiger partial charge in [-0.3, -0.25) is 14.5 Å². The van der Waals surface area contributed by atoms with Crippen LogP contribution in [-0.2, 0) is 4.79 Å². The number of hydrogen-bond acceptors (Lipinski definition) is 3. The minimum Gasteiger partial charge on any atom is -0.352 e. The van der Waals surface area contributed by atoms with Crippen LogP contribution in [-0.4, -0.2) is 47.9 Å². The van der Waals surface area contributed by atoms with E-state index in [0.29, 0.717) is 12.1 Å². The van der Waals surface area contributed by atoms with Crippen LogP contribution in [0.25, 0.3) is 0 Å². The maximum absolute atomic E-state index is 13.0. The average Bonchev–Trinajstić information content (AvgIpc) is 2.65. The highest BCUT2D eigenvalue weighted by Gasteiger charge is 2.30. The number of hydrogen-bond donors (Lipinski definition) is 2. The van der Waals surface area contributed by atoms with Gasteiger partial charge in [-0.15, -0.1) is 0 Å². The fourth-order valence-corrected chi connectivity index (χ4v) is 3.39. The highest BCUT2D eigenvalue weighted by atomic mass is 19.1. The van der Waals surface area contributed by atoms with Gasteiger partial charge < -0.3 is 10.6 Å². The van der Waals surface area contributed by atoms with E-state index in [4.69, 9.17) is 0 Å². The predicted octanol–water partition coefficient (Wildman–Crippen LogP) is 2.96. The number of carbonyl (C=O) groups is 2. The molecule has 150 valence electrons. The van der Waals surface area contributed by atoms with E-state index < -0.39 is 11.9 Å².